The molecule has 186 valence electrons. The fraction of sp³-hybridized carbons (Fsp3) is 0.200. The van der Waals surface area contributed by atoms with Gasteiger partial charge in [-0.1, -0.05) is 43.0 Å². The van der Waals surface area contributed by atoms with Crippen LogP contribution in [0, 0.1) is 0 Å². The molecule has 2 rings (SSSR count). The Kier molecular flexibility index (Phi) is 8.67. The monoisotopic (exact) mass is 494 g/mol. The second-order valence-corrected chi connectivity index (χ2v) is 7.34. The van der Waals surface area contributed by atoms with Gasteiger partial charge in [-0.05, 0) is 26.0 Å². The zero-order valence-electron chi connectivity index (χ0n) is 19.2. The molecule has 0 spiro atoms. The number of benzene rings is 1. The molecular formula is C25H24F6N4. The van der Waals surface area contributed by atoms with E-state index in [1.807, 2.05) is 0 Å². The highest BCUT2D eigenvalue weighted by Gasteiger charge is 2.39. The average molecular weight is 494 g/mol. The van der Waals surface area contributed by atoms with Crippen molar-refractivity contribution in [2.45, 2.75) is 32.9 Å². The maximum absolute atomic E-state index is 14.1. The first kappa shape index (κ1) is 27.4. The minimum absolute atomic E-state index is 0.0428. The number of rotatable bonds is 8. The standard InChI is InChI=1S/C25H24F6N4/c1-5-9-16(26)12-17(6-2)34-15(3)20(13-32)23(25(29,30)31)35-21-14-33-22(24(4,27)28)19-11-8-7-10-18(19)21/h5-14,34H,3,32H2,1-2,4H3/b9-5+,16-12+,17-6+,20-13?,35-23?. The number of nitrogens with two attached hydrogens (primary N) is 1. The van der Waals surface area contributed by atoms with Gasteiger partial charge in [0.05, 0.1) is 11.9 Å². The Morgan fingerprint density at radius 3 is 2.26 bits per heavy atom. The van der Waals surface area contributed by atoms with E-state index in [4.69, 9.17) is 5.73 Å². The maximum Gasteiger partial charge on any atom is 0.434 e. The molecule has 0 radical (unpaired) electrons. The smallest absolute Gasteiger partial charge is 0.404 e. The number of nitrogens with zero attached hydrogens (tertiary/aromatic N) is 2. The van der Waals surface area contributed by atoms with Gasteiger partial charge in [0.15, 0.2) is 5.71 Å². The summed E-state index contributed by atoms with van der Waals surface area (Å²) in [5, 5.41) is 2.58. The first-order valence-electron chi connectivity index (χ1n) is 10.3. The predicted octanol–water partition coefficient (Wildman–Crippen LogP) is 7.26. The number of hydrogen-bond donors (Lipinski definition) is 2. The fourth-order valence-electron chi connectivity index (χ4n) is 3.12. The molecule has 0 amide bonds. The van der Waals surface area contributed by atoms with Crippen molar-refractivity contribution in [2.75, 3.05) is 0 Å². The summed E-state index contributed by atoms with van der Waals surface area (Å²) in [6.07, 6.45) is 1.59. The van der Waals surface area contributed by atoms with Gasteiger partial charge in [-0.15, -0.1) is 0 Å². The minimum atomic E-state index is -5.01. The highest BCUT2D eigenvalue weighted by molar-refractivity contribution is 6.10. The molecule has 0 bridgehead atoms. The second kappa shape index (κ2) is 11.1. The van der Waals surface area contributed by atoms with E-state index in [2.05, 4.69) is 21.9 Å². The molecule has 4 nitrogen and oxygen atoms in total. The van der Waals surface area contributed by atoms with Crippen LogP contribution in [0.5, 0.6) is 0 Å². The molecule has 0 atom stereocenters. The van der Waals surface area contributed by atoms with Crippen LogP contribution in [0.1, 0.15) is 26.5 Å². The SMILES string of the molecule is C=C(NC(/C=C(F)\C=C\C)=C/C)C(=CN)C(=Nc1cnc(C(C)(F)F)c2ccccc12)C(F)(F)F. The second-order valence-electron chi connectivity index (χ2n) is 7.34. The number of halogens is 6. The molecule has 0 saturated heterocycles. The molecule has 0 saturated carbocycles. The molecule has 0 aliphatic rings. The van der Waals surface area contributed by atoms with E-state index < -0.39 is 34.9 Å². The summed E-state index contributed by atoms with van der Waals surface area (Å²) < 4.78 is 84.0. The summed E-state index contributed by atoms with van der Waals surface area (Å²) >= 11 is 0. The quantitative estimate of drug-likeness (QED) is 0.231. The van der Waals surface area contributed by atoms with Gasteiger partial charge in [0.25, 0.3) is 5.92 Å². The summed E-state index contributed by atoms with van der Waals surface area (Å²) in [5.74, 6) is -3.97. The van der Waals surface area contributed by atoms with Crippen LogP contribution in [0.2, 0.25) is 0 Å². The molecule has 35 heavy (non-hydrogen) atoms. The molecule has 1 aromatic carbocycles. The van der Waals surface area contributed by atoms with Crippen LogP contribution in [-0.2, 0) is 5.92 Å². The highest BCUT2D eigenvalue weighted by atomic mass is 19.4. The number of fused-ring (bicyclic) bond motifs is 1. The van der Waals surface area contributed by atoms with Crippen molar-refractivity contribution in [2.24, 2.45) is 10.7 Å². The normalized spacial score (nSPS) is 14.7. The zero-order valence-corrected chi connectivity index (χ0v) is 19.2. The third kappa shape index (κ3) is 6.84. The lowest BCUT2D eigenvalue weighted by molar-refractivity contribution is -0.0581. The van der Waals surface area contributed by atoms with Crippen LogP contribution >= 0.6 is 0 Å². The van der Waals surface area contributed by atoms with Gasteiger partial charge >= 0.3 is 6.18 Å². The van der Waals surface area contributed by atoms with E-state index in [1.54, 1.807) is 13.8 Å². The van der Waals surface area contributed by atoms with Crippen molar-refractivity contribution in [3.63, 3.8) is 0 Å². The molecule has 0 fully saturated rings. The van der Waals surface area contributed by atoms with Crippen LogP contribution in [-0.4, -0.2) is 16.9 Å². The summed E-state index contributed by atoms with van der Waals surface area (Å²) in [6.45, 7) is 7.37. The third-order valence-electron chi connectivity index (χ3n) is 4.66. The van der Waals surface area contributed by atoms with Gasteiger partial charge in [0.1, 0.15) is 11.5 Å². The summed E-state index contributed by atoms with van der Waals surface area (Å²) in [7, 11) is 0. The van der Waals surface area contributed by atoms with E-state index in [0.717, 1.165) is 18.3 Å². The molecule has 0 aliphatic carbocycles. The van der Waals surface area contributed by atoms with E-state index in [1.165, 1.54) is 36.4 Å². The van der Waals surface area contributed by atoms with Gasteiger partial charge < -0.3 is 11.1 Å². The lowest BCUT2D eigenvalue weighted by Crippen LogP contribution is -2.29. The largest absolute Gasteiger partial charge is 0.434 e. The van der Waals surface area contributed by atoms with Crippen LogP contribution in [0.3, 0.4) is 0 Å². The number of allylic oxidation sites excluding steroid dienone is 6. The number of pyridine rings is 1. The maximum atomic E-state index is 14.1. The molecule has 0 unspecified atom stereocenters. The molecule has 1 heterocycles. The van der Waals surface area contributed by atoms with Crippen LogP contribution in [0.4, 0.5) is 32.0 Å². The lowest BCUT2D eigenvalue weighted by Gasteiger charge is -2.19. The average Bonchev–Trinajstić information content (AvgIpc) is 2.77. The first-order chi connectivity index (χ1) is 16.3. The zero-order chi connectivity index (χ0) is 26.4. The topological polar surface area (TPSA) is 63.3 Å². The Labute approximate surface area is 199 Å². The van der Waals surface area contributed by atoms with Crippen molar-refractivity contribution in [1.29, 1.82) is 0 Å². The Balaban J connectivity index is 2.62. The summed E-state index contributed by atoms with van der Waals surface area (Å²) in [6, 6.07) is 5.64. The molecule has 10 heteroatoms. The van der Waals surface area contributed by atoms with Crippen LogP contribution in [0.15, 0.2) is 95.3 Å². The van der Waals surface area contributed by atoms with E-state index >= 15 is 0 Å². The fourth-order valence-corrected chi connectivity index (χ4v) is 3.12. The van der Waals surface area contributed by atoms with E-state index in [9.17, 15) is 26.3 Å². The van der Waals surface area contributed by atoms with Crippen molar-refractivity contribution < 1.29 is 26.3 Å². The first-order valence-corrected chi connectivity index (χ1v) is 10.3. The highest BCUT2D eigenvalue weighted by Crippen LogP contribution is 2.37. The third-order valence-corrected chi connectivity index (χ3v) is 4.66. The summed E-state index contributed by atoms with van der Waals surface area (Å²) in [4.78, 5) is 7.39. The molecular weight excluding hydrogens is 470 g/mol. The van der Waals surface area contributed by atoms with Crippen LogP contribution in [0.25, 0.3) is 10.8 Å². The number of aliphatic imine (C=N–C) groups is 1. The number of aromatic nitrogens is 1. The van der Waals surface area contributed by atoms with Crippen LogP contribution < -0.4 is 11.1 Å². The van der Waals surface area contributed by atoms with Gasteiger partial charge in [-0.3, -0.25) is 4.98 Å². The van der Waals surface area contributed by atoms with Crippen molar-refractivity contribution in [1.82, 2.24) is 10.3 Å². The molecule has 2 aromatic rings. The Morgan fingerprint density at radius 1 is 1.11 bits per heavy atom. The molecule has 3 N–H and O–H groups in total. The number of nitrogens with one attached hydrogen (secondary N) is 1. The van der Waals surface area contributed by atoms with Gasteiger partial charge in [0.2, 0.25) is 0 Å². The Bertz CT molecular complexity index is 1240. The van der Waals surface area contributed by atoms with Gasteiger partial charge in [0, 0.05) is 40.9 Å². The number of alkyl halides is 5. The van der Waals surface area contributed by atoms with E-state index in [-0.39, 0.29) is 27.9 Å². The van der Waals surface area contributed by atoms with Crippen molar-refractivity contribution >= 4 is 22.2 Å². The Hall–Kier alpha value is -3.82. The van der Waals surface area contributed by atoms with Crippen molar-refractivity contribution in [3.8, 4) is 0 Å². The van der Waals surface area contributed by atoms with Crippen molar-refractivity contribution in [3.05, 3.63) is 96.0 Å². The van der Waals surface area contributed by atoms with Gasteiger partial charge in [-0.25, -0.2) is 9.38 Å². The summed E-state index contributed by atoms with van der Waals surface area (Å²) in [5.41, 5.74) is 2.38. The molecule has 0 aliphatic heterocycles. The molecule has 1 aromatic heterocycles. The lowest BCUT2D eigenvalue weighted by atomic mass is 10.0. The van der Waals surface area contributed by atoms with Gasteiger partial charge in [-0.2, -0.15) is 22.0 Å². The predicted molar refractivity (Wildman–Crippen MR) is 127 cm³/mol. The number of hydrogen-bond acceptors (Lipinski definition) is 4. The Morgan fingerprint density at radius 2 is 1.74 bits per heavy atom. The minimum Gasteiger partial charge on any atom is -0.404 e. The van der Waals surface area contributed by atoms with E-state index in [0.29, 0.717) is 13.1 Å².